The first-order chi connectivity index (χ1) is 7.26. The van der Waals surface area contributed by atoms with Crippen molar-refractivity contribution >= 4 is 5.69 Å². The molecule has 0 saturated carbocycles. The summed E-state index contributed by atoms with van der Waals surface area (Å²) in [6.45, 7) is 6.48. The molecule has 0 spiro atoms. The van der Waals surface area contributed by atoms with Crippen LogP contribution in [0.1, 0.15) is 18.9 Å². The first-order valence-electron chi connectivity index (χ1n) is 5.71. The lowest BCUT2D eigenvalue weighted by atomic mass is 10.1. The molecular weight excluding hydrogens is 184 g/mol. The second-order valence-corrected chi connectivity index (χ2v) is 4.08. The quantitative estimate of drug-likeness (QED) is 0.747. The Balaban J connectivity index is 2.41. The fourth-order valence-corrected chi connectivity index (χ4v) is 1.67. The third-order valence-electron chi connectivity index (χ3n) is 2.68. The van der Waals surface area contributed by atoms with Crippen LogP contribution in [0, 0.1) is 12.8 Å². The lowest BCUT2D eigenvalue weighted by Gasteiger charge is -2.16. The zero-order valence-corrected chi connectivity index (χ0v) is 10.0. The number of anilines is 1. The molecule has 0 aliphatic rings. The molecule has 2 nitrogen and oxygen atoms in total. The minimum Gasteiger partial charge on any atom is -0.385 e. The van der Waals surface area contributed by atoms with Gasteiger partial charge in [-0.25, -0.2) is 0 Å². The summed E-state index contributed by atoms with van der Waals surface area (Å²) in [5.74, 6) is 0.704. The minimum absolute atomic E-state index is 0.704. The van der Waals surface area contributed by atoms with Crippen LogP contribution in [-0.2, 0) is 0 Å². The first-order valence-corrected chi connectivity index (χ1v) is 5.71. The van der Waals surface area contributed by atoms with Crippen molar-refractivity contribution < 1.29 is 0 Å². The van der Waals surface area contributed by atoms with E-state index in [0.29, 0.717) is 5.92 Å². The highest BCUT2D eigenvalue weighted by molar-refractivity contribution is 5.45. The van der Waals surface area contributed by atoms with E-state index in [0.717, 1.165) is 13.1 Å². The predicted molar refractivity (Wildman–Crippen MR) is 67.4 cm³/mol. The topological polar surface area (TPSA) is 24.1 Å². The van der Waals surface area contributed by atoms with Gasteiger partial charge < -0.3 is 10.6 Å². The van der Waals surface area contributed by atoms with E-state index in [1.807, 2.05) is 7.05 Å². The molecule has 0 bridgehead atoms. The summed E-state index contributed by atoms with van der Waals surface area (Å²) < 4.78 is 0. The smallest absolute Gasteiger partial charge is 0.0342 e. The van der Waals surface area contributed by atoms with Crippen LogP contribution in [-0.4, -0.2) is 20.1 Å². The zero-order chi connectivity index (χ0) is 11.1. The molecule has 1 rings (SSSR count). The van der Waals surface area contributed by atoms with Crippen LogP contribution < -0.4 is 10.6 Å². The van der Waals surface area contributed by atoms with E-state index >= 15 is 0 Å². The van der Waals surface area contributed by atoms with Crippen molar-refractivity contribution in [3.8, 4) is 0 Å². The van der Waals surface area contributed by atoms with E-state index in [1.54, 1.807) is 0 Å². The molecule has 0 radical (unpaired) electrons. The van der Waals surface area contributed by atoms with Gasteiger partial charge in [0.05, 0.1) is 0 Å². The fraction of sp³-hybridized carbons (Fsp3) is 0.538. The summed E-state index contributed by atoms with van der Waals surface area (Å²) in [5, 5.41) is 6.71. The van der Waals surface area contributed by atoms with E-state index in [9.17, 15) is 0 Å². The normalized spacial score (nSPS) is 12.5. The number of benzene rings is 1. The lowest BCUT2D eigenvalue weighted by Crippen LogP contribution is -2.24. The van der Waals surface area contributed by atoms with Crippen molar-refractivity contribution in [2.45, 2.75) is 20.3 Å². The van der Waals surface area contributed by atoms with Gasteiger partial charge in [0.25, 0.3) is 0 Å². The maximum Gasteiger partial charge on any atom is 0.0342 e. The van der Waals surface area contributed by atoms with Crippen molar-refractivity contribution in [2.24, 2.45) is 5.92 Å². The molecule has 0 aliphatic heterocycles. The summed E-state index contributed by atoms with van der Waals surface area (Å²) in [6.07, 6.45) is 1.21. The van der Waals surface area contributed by atoms with Gasteiger partial charge in [0.2, 0.25) is 0 Å². The molecule has 0 aromatic heterocycles. The third kappa shape index (κ3) is 4.34. The summed E-state index contributed by atoms with van der Waals surface area (Å²) in [5.41, 5.74) is 2.53. The molecule has 1 atom stereocenters. The van der Waals surface area contributed by atoms with Crippen LogP contribution in [0.2, 0.25) is 0 Å². The fourth-order valence-electron chi connectivity index (χ4n) is 1.67. The molecule has 2 N–H and O–H groups in total. The summed E-state index contributed by atoms with van der Waals surface area (Å²) in [7, 11) is 2.01. The number of aryl methyl sites for hydroxylation is 1. The highest BCUT2D eigenvalue weighted by Crippen LogP contribution is 2.11. The number of rotatable bonds is 6. The average Bonchev–Trinajstić information content (AvgIpc) is 2.24. The largest absolute Gasteiger partial charge is 0.385 e. The third-order valence-corrected chi connectivity index (χ3v) is 2.68. The predicted octanol–water partition coefficient (Wildman–Crippen LogP) is 2.65. The molecule has 1 unspecified atom stereocenters. The first kappa shape index (κ1) is 12.1. The maximum atomic E-state index is 3.48. The van der Waals surface area contributed by atoms with Crippen molar-refractivity contribution in [3.63, 3.8) is 0 Å². The number of hydrogen-bond acceptors (Lipinski definition) is 2. The second-order valence-electron chi connectivity index (χ2n) is 4.08. The van der Waals surface area contributed by atoms with E-state index in [4.69, 9.17) is 0 Å². The van der Waals surface area contributed by atoms with E-state index in [2.05, 4.69) is 48.7 Å². The Kier molecular flexibility index (Phi) is 5.19. The van der Waals surface area contributed by atoms with Crippen LogP contribution in [0.4, 0.5) is 5.69 Å². The Morgan fingerprint density at radius 1 is 1.27 bits per heavy atom. The van der Waals surface area contributed by atoms with Gasteiger partial charge in [-0.15, -0.1) is 0 Å². The minimum atomic E-state index is 0.704. The van der Waals surface area contributed by atoms with Gasteiger partial charge in [-0.2, -0.15) is 0 Å². The zero-order valence-electron chi connectivity index (χ0n) is 10.0. The number of hydrogen-bond donors (Lipinski definition) is 2. The van der Waals surface area contributed by atoms with Crippen LogP contribution >= 0.6 is 0 Å². The molecule has 0 saturated heterocycles. The van der Waals surface area contributed by atoms with Crippen molar-refractivity contribution in [1.29, 1.82) is 0 Å². The molecule has 0 amide bonds. The van der Waals surface area contributed by atoms with E-state index < -0.39 is 0 Å². The lowest BCUT2D eigenvalue weighted by molar-refractivity contribution is 0.506. The Bertz CT molecular complexity index is 284. The summed E-state index contributed by atoms with van der Waals surface area (Å²) in [4.78, 5) is 0. The van der Waals surface area contributed by atoms with Gasteiger partial charge in [0.1, 0.15) is 0 Å². The Morgan fingerprint density at radius 2 is 2.07 bits per heavy atom. The highest BCUT2D eigenvalue weighted by Gasteiger charge is 2.04. The average molecular weight is 206 g/mol. The molecule has 84 valence electrons. The van der Waals surface area contributed by atoms with Crippen LogP contribution in [0.25, 0.3) is 0 Å². The van der Waals surface area contributed by atoms with Crippen LogP contribution in [0.5, 0.6) is 0 Å². The Morgan fingerprint density at radius 3 is 2.67 bits per heavy atom. The van der Waals surface area contributed by atoms with E-state index in [-0.39, 0.29) is 0 Å². The summed E-state index contributed by atoms with van der Waals surface area (Å²) in [6, 6.07) is 8.53. The monoisotopic (exact) mass is 206 g/mol. The Labute approximate surface area is 93.1 Å². The van der Waals surface area contributed by atoms with Crippen molar-refractivity contribution in [2.75, 3.05) is 25.5 Å². The van der Waals surface area contributed by atoms with Gasteiger partial charge in [0.15, 0.2) is 0 Å². The van der Waals surface area contributed by atoms with Crippen molar-refractivity contribution in [3.05, 3.63) is 29.8 Å². The van der Waals surface area contributed by atoms with Gasteiger partial charge in [-0.05, 0) is 44.1 Å². The van der Waals surface area contributed by atoms with Gasteiger partial charge >= 0.3 is 0 Å². The number of nitrogens with one attached hydrogen (secondary N) is 2. The van der Waals surface area contributed by atoms with Gasteiger partial charge in [0, 0.05) is 12.2 Å². The molecule has 0 fully saturated rings. The molecule has 1 aromatic carbocycles. The molecule has 15 heavy (non-hydrogen) atoms. The summed E-state index contributed by atoms with van der Waals surface area (Å²) >= 11 is 0. The molecule has 0 aliphatic carbocycles. The maximum absolute atomic E-state index is 3.48. The van der Waals surface area contributed by atoms with Crippen LogP contribution in [0.3, 0.4) is 0 Å². The molecule has 2 heteroatoms. The van der Waals surface area contributed by atoms with Crippen LogP contribution in [0.15, 0.2) is 24.3 Å². The standard InChI is InChI=1S/C13H22N2/c1-4-12(9-14-3)10-15-13-7-5-6-11(2)8-13/h5-8,12,14-15H,4,9-10H2,1-3H3. The Hall–Kier alpha value is -1.02. The second kappa shape index (κ2) is 6.46. The molecule has 0 heterocycles. The molecule has 1 aromatic rings. The van der Waals surface area contributed by atoms with E-state index in [1.165, 1.54) is 17.7 Å². The molecular formula is C13H22N2. The van der Waals surface area contributed by atoms with Gasteiger partial charge in [-0.3, -0.25) is 0 Å². The van der Waals surface area contributed by atoms with Crippen molar-refractivity contribution in [1.82, 2.24) is 5.32 Å². The SMILES string of the molecule is CCC(CNC)CNc1cccc(C)c1. The van der Waals surface area contributed by atoms with Gasteiger partial charge in [-0.1, -0.05) is 25.5 Å². The highest BCUT2D eigenvalue weighted by atomic mass is 14.9.